The Kier molecular flexibility index (Phi) is 2.13. The first-order valence-electron chi connectivity index (χ1n) is 3.50. The van der Waals surface area contributed by atoms with E-state index in [-0.39, 0.29) is 0 Å². The van der Waals surface area contributed by atoms with Gasteiger partial charge in [-0.1, -0.05) is 5.92 Å². The van der Waals surface area contributed by atoms with Crippen molar-refractivity contribution >= 4 is 0 Å². The lowest BCUT2D eigenvalue weighted by Gasteiger charge is -2.11. The van der Waals surface area contributed by atoms with Gasteiger partial charge in [-0.05, 0) is 32.7 Å². The lowest BCUT2D eigenvalue weighted by Crippen LogP contribution is -2.27. The zero-order chi connectivity index (χ0) is 6.69. The molecule has 0 bridgehead atoms. The Bertz CT molecular complexity index is 117. The monoisotopic (exact) mass is 122 g/mol. The van der Waals surface area contributed by atoms with E-state index in [0.717, 1.165) is 6.54 Å². The third-order valence-corrected chi connectivity index (χ3v) is 1.93. The van der Waals surface area contributed by atoms with Gasteiger partial charge in [0.05, 0.1) is 0 Å². The van der Waals surface area contributed by atoms with Crippen LogP contribution in [0.5, 0.6) is 0 Å². The summed E-state index contributed by atoms with van der Waals surface area (Å²) in [5, 5.41) is 3.32. The average Bonchev–Trinajstić information content (AvgIpc) is 2.37. The Morgan fingerprint density at radius 2 is 2.56 bits per heavy atom. The molecule has 1 fully saturated rings. The van der Waals surface area contributed by atoms with Gasteiger partial charge in [0.25, 0.3) is 0 Å². The van der Waals surface area contributed by atoms with Gasteiger partial charge in [0, 0.05) is 12.0 Å². The Labute approximate surface area is 56.8 Å². The van der Waals surface area contributed by atoms with Gasteiger partial charge in [-0.15, -0.1) is 0 Å². The first-order valence-corrected chi connectivity index (χ1v) is 3.50. The van der Waals surface area contributed by atoms with Crippen LogP contribution in [-0.2, 0) is 0 Å². The molecule has 1 rings (SSSR count). The van der Waals surface area contributed by atoms with E-state index in [0.29, 0.717) is 12.0 Å². The van der Waals surface area contributed by atoms with Gasteiger partial charge < -0.3 is 5.32 Å². The highest BCUT2D eigenvalue weighted by atomic mass is 14.9. The predicted molar refractivity (Wildman–Crippen MR) is 37.3 cm³/mol. The summed E-state index contributed by atoms with van der Waals surface area (Å²) in [4.78, 5) is 0. The molecule has 1 N–H and O–H groups in total. The lowest BCUT2D eigenvalue weighted by molar-refractivity contribution is 0.504. The molecule has 0 spiro atoms. The van der Waals surface area contributed by atoms with Crippen LogP contribution in [0.3, 0.4) is 0 Å². The number of hydrogen-bond donors (Lipinski definition) is 1. The topological polar surface area (TPSA) is 12.0 Å². The molecule has 1 nitrogen and oxygen atoms in total. The second kappa shape index (κ2) is 2.89. The number of nitrogens with one attached hydrogen (secondary N) is 1. The molecule has 0 aromatic rings. The molecular weight excluding hydrogens is 110 g/mol. The minimum atomic E-state index is 0.299. The molecule has 0 saturated carbocycles. The predicted octanol–water partition coefficient (Wildman–Crippen LogP) is 0.964. The van der Waals surface area contributed by atoms with Crippen LogP contribution in [0.25, 0.3) is 0 Å². The van der Waals surface area contributed by atoms with E-state index in [1.54, 1.807) is 0 Å². The molecule has 1 aliphatic heterocycles. The fraction of sp³-hybridized carbons (Fsp3) is 0.750. The second-order valence-corrected chi connectivity index (χ2v) is 2.64. The van der Waals surface area contributed by atoms with E-state index in [1.165, 1.54) is 12.8 Å². The van der Waals surface area contributed by atoms with Crippen molar-refractivity contribution in [2.24, 2.45) is 5.92 Å². The Hall–Kier alpha value is -0.480. The average molecular weight is 122 g/mol. The highest BCUT2D eigenvalue weighted by Crippen LogP contribution is 2.12. The third kappa shape index (κ3) is 1.46. The molecule has 2 unspecified atom stereocenters. The van der Waals surface area contributed by atoms with E-state index in [4.69, 9.17) is 6.42 Å². The summed E-state index contributed by atoms with van der Waals surface area (Å²) in [5.74, 6) is 2.79. The normalized spacial score (nSPS) is 29.6. The molecule has 1 aliphatic rings. The van der Waals surface area contributed by atoms with Crippen molar-refractivity contribution in [2.75, 3.05) is 6.54 Å². The fourth-order valence-corrected chi connectivity index (χ4v) is 1.24. The van der Waals surface area contributed by atoms with Crippen LogP contribution >= 0.6 is 0 Å². The molecule has 1 heterocycles. The Morgan fingerprint density at radius 3 is 3.00 bits per heavy atom. The summed E-state index contributed by atoms with van der Waals surface area (Å²) in [5.41, 5.74) is 0. The van der Waals surface area contributed by atoms with Gasteiger partial charge in [-0.25, -0.2) is 0 Å². The summed E-state index contributed by atoms with van der Waals surface area (Å²) in [6.07, 6.45) is 9.36. The van der Waals surface area contributed by atoms with Gasteiger partial charge in [0.2, 0.25) is 0 Å². The molecule has 1 radical (unpaired) electrons. The van der Waals surface area contributed by atoms with Crippen molar-refractivity contribution in [2.45, 2.75) is 25.8 Å². The highest BCUT2D eigenvalue weighted by molar-refractivity contribution is 4.94. The molecule has 0 aliphatic carbocycles. The van der Waals surface area contributed by atoms with Crippen molar-refractivity contribution in [1.82, 2.24) is 5.32 Å². The summed E-state index contributed by atoms with van der Waals surface area (Å²) in [7, 11) is 0. The van der Waals surface area contributed by atoms with E-state index >= 15 is 0 Å². The number of hydrogen-bond acceptors (Lipinski definition) is 1. The third-order valence-electron chi connectivity index (χ3n) is 1.93. The van der Waals surface area contributed by atoms with E-state index in [2.05, 4.69) is 11.2 Å². The summed E-state index contributed by atoms with van der Waals surface area (Å²) >= 11 is 0. The van der Waals surface area contributed by atoms with Gasteiger partial charge in [-0.3, -0.25) is 0 Å². The van der Waals surface area contributed by atoms with Crippen LogP contribution in [0.2, 0.25) is 0 Å². The van der Waals surface area contributed by atoms with Crippen LogP contribution < -0.4 is 5.32 Å². The second-order valence-electron chi connectivity index (χ2n) is 2.64. The van der Waals surface area contributed by atoms with Crippen molar-refractivity contribution in [1.29, 1.82) is 0 Å². The first-order chi connectivity index (χ1) is 4.34. The summed E-state index contributed by atoms with van der Waals surface area (Å²) in [6, 6.07) is 0.530. The van der Waals surface area contributed by atoms with Gasteiger partial charge >= 0.3 is 0 Å². The molecule has 0 amide bonds. The van der Waals surface area contributed by atoms with Crippen LogP contribution in [0.4, 0.5) is 0 Å². The zero-order valence-electron chi connectivity index (χ0n) is 5.78. The van der Waals surface area contributed by atoms with E-state index in [9.17, 15) is 0 Å². The maximum Gasteiger partial charge on any atom is 0.0338 e. The fourth-order valence-electron chi connectivity index (χ4n) is 1.24. The Morgan fingerprint density at radius 1 is 1.78 bits per heavy atom. The number of rotatable bonds is 1. The van der Waals surface area contributed by atoms with Crippen molar-refractivity contribution in [3.63, 3.8) is 0 Å². The van der Waals surface area contributed by atoms with Crippen LogP contribution in [0.1, 0.15) is 19.8 Å². The minimum Gasteiger partial charge on any atom is -0.313 e. The molecule has 49 valence electrons. The first kappa shape index (κ1) is 6.64. The van der Waals surface area contributed by atoms with Crippen LogP contribution in [0.15, 0.2) is 0 Å². The zero-order valence-corrected chi connectivity index (χ0v) is 5.78. The largest absolute Gasteiger partial charge is 0.313 e. The molecule has 0 aromatic heterocycles. The Balaban J connectivity index is 2.34. The summed E-state index contributed by atoms with van der Waals surface area (Å²) in [6.45, 7) is 3.16. The van der Waals surface area contributed by atoms with Crippen molar-refractivity contribution in [3.8, 4) is 5.92 Å². The molecular formula is C8H12N. The SMILES string of the molecule is [C]#CC(C)C1CCCN1. The van der Waals surface area contributed by atoms with Crippen LogP contribution in [0, 0.1) is 18.3 Å². The quantitative estimate of drug-likeness (QED) is 0.511. The minimum absolute atomic E-state index is 0.299. The highest BCUT2D eigenvalue weighted by Gasteiger charge is 2.18. The molecule has 1 saturated heterocycles. The van der Waals surface area contributed by atoms with E-state index in [1.807, 2.05) is 6.92 Å². The summed E-state index contributed by atoms with van der Waals surface area (Å²) < 4.78 is 0. The van der Waals surface area contributed by atoms with Crippen LogP contribution in [-0.4, -0.2) is 12.6 Å². The lowest BCUT2D eigenvalue weighted by atomic mass is 10.0. The van der Waals surface area contributed by atoms with Crippen molar-refractivity contribution < 1.29 is 0 Å². The molecule has 2 atom stereocenters. The van der Waals surface area contributed by atoms with Gasteiger partial charge in [0.1, 0.15) is 0 Å². The standard InChI is InChI=1S/C8H12N/c1-3-7(2)8-5-4-6-9-8/h7-9H,4-6H2,2H3. The van der Waals surface area contributed by atoms with E-state index < -0.39 is 0 Å². The maximum atomic E-state index is 6.88. The molecule has 1 heteroatoms. The maximum absolute atomic E-state index is 6.88. The van der Waals surface area contributed by atoms with Gasteiger partial charge in [0.15, 0.2) is 0 Å². The van der Waals surface area contributed by atoms with Gasteiger partial charge in [-0.2, -0.15) is 0 Å². The smallest absolute Gasteiger partial charge is 0.0338 e. The van der Waals surface area contributed by atoms with Crippen molar-refractivity contribution in [3.05, 3.63) is 6.42 Å². The molecule has 0 aromatic carbocycles. The molecule has 9 heavy (non-hydrogen) atoms.